The first-order valence-electron chi connectivity index (χ1n) is 10.6. The summed E-state index contributed by atoms with van der Waals surface area (Å²) >= 11 is 12.2. The second-order valence-corrected chi connectivity index (χ2v) is 8.83. The minimum atomic E-state index is -4.67. The van der Waals surface area contributed by atoms with Crippen LogP contribution in [0, 0.1) is 6.92 Å². The van der Waals surface area contributed by atoms with Gasteiger partial charge in [0.25, 0.3) is 5.91 Å². The van der Waals surface area contributed by atoms with Gasteiger partial charge in [0, 0.05) is 15.6 Å². The van der Waals surface area contributed by atoms with Crippen LogP contribution in [0.2, 0.25) is 10.0 Å². The molecule has 0 spiro atoms. The number of alkyl halides is 3. The van der Waals surface area contributed by atoms with E-state index < -0.39 is 34.9 Å². The molecule has 0 aliphatic rings. The predicted octanol–water partition coefficient (Wildman–Crippen LogP) is 7.50. The Bertz CT molecular complexity index is 1520. The molecule has 1 heterocycles. The van der Waals surface area contributed by atoms with Crippen molar-refractivity contribution in [1.82, 2.24) is 0 Å². The summed E-state index contributed by atoms with van der Waals surface area (Å²) in [4.78, 5) is 26.2. The molecule has 0 fully saturated rings. The van der Waals surface area contributed by atoms with Crippen molar-refractivity contribution in [1.29, 1.82) is 0 Å². The van der Waals surface area contributed by atoms with Gasteiger partial charge in [0.2, 0.25) is 11.2 Å². The largest absolute Gasteiger partial charge is 0.473 e. The van der Waals surface area contributed by atoms with Crippen molar-refractivity contribution in [3.63, 3.8) is 0 Å². The molecule has 36 heavy (non-hydrogen) atoms. The molecule has 1 unspecified atom stereocenters. The standard InChI is InChI=1S/C26H18Cl2F3NO4/c1-13-11-21-17(12-19(13)28)22(33)24(23(36-21)15-7-9-16(27)10-8-15)35-14(2)25(34)32-20-6-4-3-5-18(20)26(29,30)31/h3-12,14H,1-2H3,(H,32,34). The van der Waals surface area contributed by atoms with Crippen LogP contribution in [0.4, 0.5) is 18.9 Å². The van der Waals surface area contributed by atoms with Crippen LogP contribution in [0.3, 0.4) is 0 Å². The number of para-hydroxylation sites is 1. The summed E-state index contributed by atoms with van der Waals surface area (Å²) in [7, 11) is 0. The smallest absolute Gasteiger partial charge is 0.418 e. The van der Waals surface area contributed by atoms with Gasteiger partial charge in [0.05, 0.1) is 16.6 Å². The van der Waals surface area contributed by atoms with Gasteiger partial charge in [0.15, 0.2) is 11.9 Å². The number of ether oxygens (including phenoxy) is 1. The number of aryl methyl sites for hydroxylation is 1. The molecule has 0 saturated heterocycles. The maximum Gasteiger partial charge on any atom is 0.418 e. The lowest BCUT2D eigenvalue weighted by molar-refractivity contribution is -0.137. The van der Waals surface area contributed by atoms with Crippen molar-refractivity contribution < 1.29 is 27.1 Å². The summed E-state index contributed by atoms with van der Waals surface area (Å²) in [5, 5.41) is 3.12. The van der Waals surface area contributed by atoms with E-state index in [9.17, 15) is 22.8 Å². The van der Waals surface area contributed by atoms with Gasteiger partial charge in [0.1, 0.15) is 5.58 Å². The zero-order chi connectivity index (χ0) is 26.2. The minimum absolute atomic E-state index is 0.0289. The van der Waals surface area contributed by atoms with Gasteiger partial charge in [-0.05, 0) is 67.9 Å². The number of carbonyl (C=O) groups excluding carboxylic acids is 1. The van der Waals surface area contributed by atoms with Crippen molar-refractivity contribution >= 4 is 45.8 Å². The molecule has 0 aliphatic heterocycles. The van der Waals surface area contributed by atoms with Gasteiger partial charge in [-0.2, -0.15) is 13.2 Å². The van der Waals surface area contributed by atoms with Crippen LogP contribution in [0.15, 0.2) is 69.9 Å². The lowest BCUT2D eigenvalue weighted by Crippen LogP contribution is -2.32. The summed E-state index contributed by atoms with van der Waals surface area (Å²) < 4.78 is 51.7. The Morgan fingerprint density at radius 3 is 2.39 bits per heavy atom. The first-order chi connectivity index (χ1) is 17.0. The highest BCUT2D eigenvalue weighted by molar-refractivity contribution is 6.32. The maximum atomic E-state index is 13.4. The SMILES string of the molecule is Cc1cc2oc(-c3ccc(Cl)cc3)c(OC(C)C(=O)Nc3ccccc3C(F)(F)F)c(=O)c2cc1Cl. The first-order valence-corrected chi connectivity index (χ1v) is 11.4. The van der Waals surface area contributed by atoms with Crippen molar-refractivity contribution in [2.45, 2.75) is 26.1 Å². The highest BCUT2D eigenvalue weighted by Gasteiger charge is 2.34. The van der Waals surface area contributed by atoms with Crippen LogP contribution in [-0.2, 0) is 11.0 Å². The first kappa shape index (κ1) is 25.6. The van der Waals surface area contributed by atoms with Crippen LogP contribution >= 0.6 is 23.2 Å². The number of nitrogens with one attached hydrogen (secondary N) is 1. The Morgan fingerprint density at radius 2 is 1.72 bits per heavy atom. The van der Waals surface area contributed by atoms with E-state index in [-0.39, 0.29) is 22.5 Å². The molecular formula is C26H18Cl2F3NO4. The Hall–Kier alpha value is -3.49. The van der Waals surface area contributed by atoms with Gasteiger partial charge < -0.3 is 14.5 Å². The lowest BCUT2D eigenvalue weighted by atomic mass is 10.1. The molecule has 0 aliphatic carbocycles. The molecule has 3 aromatic carbocycles. The summed E-state index contributed by atoms with van der Waals surface area (Å²) in [6, 6.07) is 14.0. The highest BCUT2D eigenvalue weighted by Crippen LogP contribution is 2.36. The normalized spacial score (nSPS) is 12.4. The average Bonchev–Trinajstić information content (AvgIpc) is 2.82. The molecule has 186 valence electrons. The maximum absolute atomic E-state index is 13.4. The molecule has 4 rings (SSSR count). The van der Waals surface area contributed by atoms with Gasteiger partial charge in [-0.15, -0.1) is 0 Å². The molecule has 1 amide bonds. The number of amides is 1. The van der Waals surface area contributed by atoms with E-state index in [0.717, 1.165) is 12.1 Å². The van der Waals surface area contributed by atoms with E-state index >= 15 is 0 Å². The fourth-order valence-electron chi connectivity index (χ4n) is 3.50. The Morgan fingerprint density at radius 1 is 1.06 bits per heavy atom. The fourth-order valence-corrected chi connectivity index (χ4v) is 3.79. The third-order valence-electron chi connectivity index (χ3n) is 5.39. The zero-order valence-electron chi connectivity index (χ0n) is 18.9. The molecule has 1 N–H and O–H groups in total. The topological polar surface area (TPSA) is 68.5 Å². The number of hydrogen-bond donors (Lipinski definition) is 1. The molecule has 0 radical (unpaired) electrons. The second kappa shape index (κ2) is 9.87. The quantitative estimate of drug-likeness (QED) is 0.287. The van der Waals surface area contributed by atoms with Gasteiger partial charge in [-0.1, -0.05) is 35.3 Å². The van der Waals surface area contributed by atoms with Gasteiger partial charge >= 0.3 is 6.18 Å². The third-order valence-corrected chi connectivity index (χ3v) is 6.05. The summed E-state index contributed by atoms with van der Waals surface area (Å²) in [6.45, 7) is 3.06. The van der Waals surface area contributed by atoms with E-state index in [2.05, 4.69) is 5.32 Å². The number of hydrogen-bond acceptors (Lipinski definition) is 4. The second-order valence-electron chi connectivity index (χ2n) is 7.99. The van der Waals surface area contributed by atoms with Crippen LogP contribution in [-0.4, -0.2) is 12.0 Å². The van der Waals surface area contributed by atoms with E-state index in [1.54, 1.807) is 37.3 Å². The van der Waals surface area contributed by atoms with Crippen molar-refractivity contribution in [2.75, 3.05) is 5.32 Å². The molecule has 10 heteroatoms. The van der Waals surface area contributed by atoms with Crippen LogP contribution in [0.1, 0.15) is 18.1 Å². The molecule has 4 aromatic rings. The number of rotatable bonds is 5. The van der Waals surface area contributed by atoms with E-state index in [1.165, 1.54) is 25.1 Å². The minimum Gasteiger partial charge on any atom is -0.473 e. The molecule has 1 aromatic heterocycles. The molecule has 1 atom stereocenters. The number of benzene rings is 3. The molecular weight excluding hydrogens is 518 g/mol. The van der Waals surface area contributed by atoms with E-state index in [1.807, 2.05) is 0 Å². The van der Waals surface area contributed by atoms with Crippen LogP contribution < -0.4 is 15.5 Å². The molecule has 0 saturated carbocycles. The van der Waals surface area contributed by atoms with Gasteiger partial charge in [-0.3, -0.25) is 9.59 Å². The van der Waals surface area contributed by atoms with E-state index in [4.69, 9.17) is 32.4 Å². The highest BCUT2D eigenvalue weighted by atomic mass is 35.5. The molecule has 5 nitrogen and oxygen atoms in total. The Balaban J connectivity index is 1.75. The van der Waals surface area contributed by atoms with Crippen LogP contribution in [0.5, 0.6) is 5.75 Å². The predicted molar refractivity (Wildman–Crippen MR) is 133 cm³/mol. The van der Waals surface area contributed by atoms with Crippen LogP contribution in [0.25, 0.3) is 22.3 Å². The van der Waals surface area contributed by atoms with Crippen molar-refractivity contribution in [3.05, 3.63) is 92.1 Å². The van der Waals surface area contributed by atoms with Crippen molar-refractivity contribution in [2.24, 2.45) is 0 Å². The van der Waals surface area contributed by atoms with Gasteiger partial charge in [-0.25, -0.2) is 0 Å². The van der Waals surface area contributed by atoms with Crippen molar-refractivity contribution in [3.8, 4) is 17.1 Å². The zero-order valence-corrected chi connectivity index (χ0v) is 20.4. The fraction of sp³-hybridized carbons (Fsp3) is 0.154. The summed E-state index contributed by atoms with van der Waals surface area (Å²) in [5.41, 5.74) is -0.678. The number of halogens is 5. The number of fused-ring (bicyclic) bond motifs is 1. The Labute approximate surface area is 213 Å². The van der Waals surface area contributed by atoms with E-state index in [0.29, 0.717) is 21.2 Å². The monoisotopic (exact) mass is 535 g/mol. The summed E-state index contributed by atoms with van der Waals surface area (Å²) in [5.74, 6) is -1.16. The Kier molecular flexibility index (Phi) is 7.02. The molecule has 0 bridgehead atoms. The lowest BCUT2D eigenvalue weighted by Gasteiger charge is -2.19. The number of anilines is 1. The average molecular weight is 536 g/mol. The third kappa shape index (κ3) is 5.20. The number of carbonyl (C=O) groups is 1. The summed E-state index contributed by atoms with van der Waals surface area (Å²) in [6.07, 6.45) is -6.04.